The average molecular weight is 182 g/mol. The Balaban J connectivity index is 2.63. The maximum atomic E-state index is 12.7. The summed E-state index contributed by atoms with van der Waals surface area (Å²) in [5.74, 6) is 0. The molecule has 1 heterocycles. The summed E-state index contributed by atoms with van der Waals surface area (Å²) in [6.45, 7) is -0.581. The molecule has 1 saturated heterocycles. The van der Waals surface area contributed by atoms with Crippen LogP contribution in [0.15, 0.2) is 0 Å². The molecular weight excluding hydrogens is 171 g/mol. The van der Waals surface area contributed by atoms with E-state index in [1.165, 1.54) is 0 Å². The zero-order valence-electron chi connectivity index (χ0n) is 6.17. The Labute approximate surface area is 68.0 Å². The molecule has 0 aromatic carbocycles. The van der Waals surface area contributed by atoms with E-state index in [4.69, 9.17) is 20.4 Å². The summed E-state index contributed by atoms with van der Waals surface area (Å²) >= 11 is 0. The predicted molar refractivity (Wildman–Crippen MR) is 34.9 cm³/mol. The van der Waals surface area contributed by atoms with E-state index in [0.717, 1.165) is 0 Å². The van der Waals surface area contributed by atoms with Crippen LogP contribution in [0.3, 0.4) is 0 Å². The third-order valence-electron chi connectivity index (χ3n) is 1.82. The van der Waals surface area contributed by atoms with Gasteiger partial charge in [-0.2, -0.15) is 0 Å². The van der Waals surface area contributed by atoms with Crippen LogP contribution in [0.4, 0.5) is 4.39 Å². The topological polar surface area (TPSA) is 90.2 Å². The lowest BCUT2D eigenvalue weighted by Crippen LogP contribution is -2.56. The SMILES string of the molecule is OC[C@H]1OC(O)C(F)C(O)[C@@H]1O. The third kappa shape index (κ3) is 1.57. The highest BCUT2D eigenvalue weighted by atomic mass is 19.1. The molecule has 1 rings (SSSR count). The summed E-state index contributed by atoms with van der Waals surface area (Å²) in [6.07, 6.45) is -8.19. The van der Waals surface area contributed by atoms with Crippen LogP contribution in [0.5, 0.6) is 0 Å². The van der Waals surface area contributed by atoms with E-state index in [9.17, 15) is 4.39 Å². The second-order valence-electron chi connectivity index (χ2n) is 2.67. The van der Waals surface area contributed by atoms with Crippen LogP contribution in [0.25, 0.3) is 0 Å². The van der Waals surface area contributed by atoms with Crippen molar-refractivity contribution in [2.75, 3.05) is 6.61 Å². The van der Waals surface area contributed by atoms with Crippen LogP contribution in [0.2, 0.25) is 0 Å². The van der Waals surface area contributed by atoms with Crippen molar-refractivity contribution >= 4 is 0 Å². The van der Waals surface area contributed by atoms with Crippen molar-refractivity contribution in [2.45, 2.75) is 30.8 Å². The molecule has 5 nitrogen and oxygen atoms in total. The summed E-state index contributed by atoms with van der Waals surface area (Å²) in [5.41, 5.74) is 0. The van der Waals surface area contributed by atoms with Gasteiger partial charge in [-0.3, -0.25) is 0 Å². The lowest BCUT2D eigenvalue weighted by atomic mass is 10.0. The quantitative estimate of drug-likeness (QED) is 0.368. The summed E-state index contributed by atoms with van der Waals surface area (Å²) in [7, 11) is 0. The van der Waals surface area contributed by atoms with E-state index < -0.39 is 37.4 Å². The number of hydrogen-bond donors (Lipinski definition) is 4. The van der Waals surface area contributed by atoms with Gasteiger partial charge in [0, 0.05) is 0 Å². The first-order chi connectivity index (χ1) is 5.57. The number of aliphatic hydroxyl groups is 4. The largest absolute Gasteiger partial charge is 0.394 e. The molecule has 6 heteroatoms. The molecule has 0 saturated carbocycles. The van der Waals surface area contributed by atoms with E-state index in [1.807, 2.05) is 0 Å². The molecule has 1 aliphatic heterocycles. The smallest absolute Gasteiger partial charge is 0.189 e. The van der Waals surface area contributed by atoms with Crippen LogP contribution < -0.4 is 0 Å². The highest BCUT2D eigenvalue weighted by molar-refractivity contribution is 4.88. The maximum absolute atomic E-state index is 12.7. The molecule has 4 N–H and O–H groups in total. The van der Waals surface area contributed by atoms with Gasteiger partial charge in [-0.25, -0.2) is 4.39 Å². The first-order valence-corrected chi connectivity index (χ1v) is 3.52. The van der Waals surface area contributed by atoms with E-state index in [1.54, 1.807) is 0 Å². The average Bonchev–Trinajstić information content (AvgIpc) is 2.08. The van der Waals surface area contributed by atoms with Crippen molar-refractivity contribution in [1.29, 1.82) is 0 Å². The lowest BCUT2D eigenvalue weighted by Gasteiger charge is -2.36. The molecule has 72 valence electrons. The fourth-order valence-electron chi connectivity index (χ4n) is 1.06. The van der Waals surface area contributed by atoms with Gasteiger partial charge in [-0.1, -0.05) is 0 Å². The number of rotatable bonds is 1. The number of alkyl halides is 1. The second kappa shape index (κ2) is 3.63. The molecule has 1 fully saturated rings. The monoisotopic (exact) mass is 182 g/mol. The van der Waals surface area contributed by atoms with Crippen molar-refractivity contribution in [2.24, 2.45) is 0 Å². The number of ether oxygens (including phenoxy) is 1. The van der Waals surface area contributed by atoms with E-state index >= 15 is 0 Å². The molecule has 5 atom stereocenters. The molecule has 1 aliphatic rings. The Morgan fingerprint density at radius 2 is 1.75 bits per heavy atom. The van der Waals surface area contributed by atoms with E-state index in [-0.39, 0.29) is 0 Å². The Bertz CT molecular complexity index is 150. The van der Waals surface area contributed by atoms with Crippen molar-refractivity contribution in [3.05, 3.63) is 0 Å². The van der Waals surface area contributed by atoms with Gasteiger partial charge in [0.2, 0.25) is 0 Å². The van der Waals surface area contributed by atoms with Gasteiger partial charge >= 0.3 is 0 Å². The van der Waals surface area contributed by atoms with Crippen molar-refractivity contribution < 1.29 is 29.6 Å². The number of aliphatic hydroxyl groups excluding tert-OH is 4. The Morgan fingerprint density at radius 3 is 2.25 bits per heavy atom. The Morgan fingerprint density at radius 1 is 1.17 bits per heavy atom. The van der Waals surface area contributed by atoms with Crippen molar-refractivity contribution in [3.63, 3.8) is 0 Å². The second-order valence-corrected chi connectivity index (χ2v) is 2.67. The summed E-state index contributed by atoms with van der Waals surface area (Å²) in [5, 5.41) is 35.3. The first kappa shape index (κ1) is 9.82. The standard InChI is InChI=1S/C6H11FO5/c7-3-5(10)4(9)2(1-8)12-6(3)11/h2-6,8-11H,1H2/t2-,3?,4-,5?,6?/m1/s1. The molecule has 0 aliphatic carbocycles. The van der Waals surface area contributed by atoms with Crippen LogP contribution in [-0.4, -0.2) is 57.8 Å². The Kier molecular flexibility index (Phi) is 2.97. The third-order valence-corrected chi connectivity index (χ3v) is 1.82. The van der Waals surface area contributed by atoms with Gasteiger partial charge < -0.3 is 25.2 Å². The zero-order valence-corrected chi connectivity index (χ0v) is 6.17. The summed E-state index contributed by atoms with van der Waals surface area (Å²) in [4.78, 5) is 0. The summed E-state index contributed by atoms with van der Waals surface area (Å²) < 4.78 is 17.1. The normalized spacial score (nSPS) is 49.2. The van der Waals surface area contributed by atoms with Crippen molar-refractivity contribution in [1.82, 2.24) is 0 Å². The van der Waals surface area contributed by atoms with E-state index in [2.05, 4.69) is 4.74 Å². The fourth-order valence-corrected chi connectivity index (χ4v) is 1.06. The minimum absolute atomic E-state index is 0.581. The van der Waals surface area contributed by atoms with Gasteiger partial charge in [0.1, 0.15) is 18.3 Å². The predicted octanol–water partition coefficient (Wildman–Crippen LogP) is -2.24. The van der Waals surface area contributed by atoms with E-state index in [0.29, 0.717) is 0 Å². The molecule has 0 bridgehead atoms. The van der Waals surface area contributed by atoms with Crippen molar-refractivity contribution in [3.8, 4) is 0 Å². The highest BCUT2D eigenvalue weighted by Gasteiger charge is 2.43. The molecule has 0 amide bonds. The molecule has 12 heavy (non-hydrogen) atoms. The van der Waals surface area contributed by atoms with Gasteiger partial charge in [0.05, 0.1) is 6.61 Å². The van der Waals surface area contributed by atoms with Gasteiger partial charge in [0.25, 0.3) is 0 Å². The lowest BCUT2D eigenvalue weighted by molar-refractivity contribution is -0.271. The molecule has 0 spiro atoms. The number of halogens is 1. The van der Waals surface area contributed by atoms with Crippen LogP contribution in [-0.2, 0) is 4.74 Å². The first-order valence-electron chi connectivity index (χ1n) is 3.52. The van der Waals surface area contributed by atoms with Gasteiger partial charge in [-0.05, 0) is 0 Å². The minimum atomic E-state index is -2.04. The fraction of sp³-hybridized carbons (Fsp3) is 1.00. The number of hydrogen-bond acceptors (Lipinski definition) is 5. The minimum Gasteiger partial charge on any atom is -0.394 e. The maximum Gasteiger partial charge on any atom is 0.189 e. The molecule has 0 aromatic heterocycles. The van der Waals surface area contributed by atoms with Gasteiger partial charge in [-0.15, -0.1) is 0 Å². The van der Waals surface area contributed by atoms with Crippen LogP contribution in [0, 0.1) is 0 Å². The van der Waals surface area contributed by atoms with Crippen LogP contribution in [0.1, 0.15) is 0 Å². The van der Waals surface area contributed by atoms with Crippen LogP contribution >= 0.6 is 0 Å². The molecule has 3 unspecified atom stereocenters. The van der Waals surface area contributed by atoms with Gasteiger partial charge in [0.15, 0.2) is 12.5 Å². The molecule has 0 radical (unpaired) electrons. The summed E-state index contributed by atoms with van der Waals surface area (Å²) in [6, 6.07) is 0. The zero-order chi connectivity index (χ0) is 9.30. The molecule has 0 aromatic rings. The highest BCUT2D eigenvalue weighted by Crippen LogP contribution is 2.21. The Hall–Kier alpha value is -0.270. The molecular formula is C6H11FO5.